The lowest BCUT2D eigenvalue weighted by molar-refractivity contribution is -0.384. The quantitative estimate of drug-likeness (QED) is 0.518. The van der Waals surface area contributed by atoms with Crippen molar-refractivity contribution < 1.29 is 23.6 Å². The largest absolute Gasteiger partial charge is 0.496 e. The number of anilines is 1. The van der Waals surface area contributed by atoms with Crippen molar-refractivity contribution in [1.29, 1.82) is 0 Å². The van der Waals surface area contributed by atoms with Crippen molar-refractivity contribution >= 4 is 17.6 Å². The number of nitro groups is 1. The van der Waals surface area contributed by atoms with E-state index in [1.807, 2.05) is 0 Å². The molecule has 1 amide bonds. The molecule has 0 aliphatic rings. The predicted molar refractivity (Wildman–Crippen MR) is 93.9 cm³/mol. The Morgan fingerprint density at radius 1 is 1.11 bits per heavy atom. The first-order valence-electron chi connectivity index (χ1n) is 7.64. The second kappa shape index (κ2) is 7.52. The number of rotatable bonds is 6. The van der Waals surface area contributed by atoms with Gasteiger partial charge in [-0.3, -0.25) is 20.2 Å². The highest BCUT2D eigenvalue weighted by Crippen LogP contribution is 2.29. The summed E-state index contributed by atoms with van der Waals surface area (Å²) >= 11 is 0. The molecule has 1 heterocycles. The van der Waals surface area contributed by atoms with Gasteiger partial charge < -0.3 is 13.9 Å². The minimum atomic E-state index is -0.571. The van der Waals surface area contributed by atoms with E-state index in [-0.39, 0.29) is 23.2 Å². The Kier molecular flexibility index (Phi) is 4.97. The van der Waals surface area contributed by atoms with Crippen molar-refractivity contribution in [3.63, 3.8) is 0 Å². The van der Waals surface area contributed by atoms with Gasteiger partial charge in [0.25, 0.3) is 11.6 Å². The third kappa shape index (κ3) is 3.68. The van der Waals surface area contributed by atoms with E-state index in [4.69, 9.17) is 13.9 Å². The van der Waals surface area contributed by atoms with Crippen LogP contribution in [0.3, 0.4) is 0 Å². The monoisotopic (exact) mass is 370 g/mol. The molecule has 1 N–H and O–H groups in total. The maximum Gasteiger partial charge on any atom is 0.322 e. The fourth-order valence-electron chi connectivity index (χ4n) is 2.38. The number of carbonyl (C=O) groups is 1. The number of aromatic nitrogens is 2. The fourth-order valence-corrected chi connectivity index (χ4v) is 2.38. The molecule has 138 valence electrons. The number of nitrogens with one attached hydrogen (secondary N) is 1. The van der Waals surface area contributed by atoms with Crippen LogP contribution in [0.4, 0.5) is 11.7 Å². The molecule has 0 bridgehead atoms. The summed E-state index contributed by atoms with van der Waals surface area (Å²) in [6.07, 6.45) is 0. The van der Waals surface area contributed by atoms with E-state index in [1.165, 1.54) is 32.4 Å². The number of hydrogen-bond donors (Lipinski definition) is 1. The second-order valence-corrected chi connectivity index (χ2v) is 5.21. The van der Waals surface area contributed by atoms with Crippen LogP contribution in [0.25, 0.3) is 11.5 Å². The SMILES string of the molecule is COc1cccc(OC)c1C(=O)Nc1nnc(-c2cccc([N+](=O)[O-])c2)o1. The Morgan fingerprint density at radius 3 is 2.41 bits per heavy atom. The Labute approximate surface area is 152 Å². The van der Waals surface area contributed by atoms with Gasteiger partial charge in [-0.2, -0.15) is 0 Å². The molecule has 0 aliphatic carbocycles. The maximum atomic E-state index is 12.6. The number of carbonyl (C=O) groups excluding carboxylic acids is 1. The van der Waals surface area contributed by atoms with Gasteiger partial charge in [-0.05, 0) is 18.2 Å². The molecule has 0 saturated carbocycles. The van der Waals surface area contributed by atoms with Gasteiger partial charge in [0.2, 0.25) is 5.89 Å². The molecule has 0 saturated heterocycles. The van der Waals surface area contributed by atoms with Gasteiger partial charge in [-0.25, -0.2) is 0 Å². The van der Waals surface area contributed by atoms with Crippen LogP contribution in [0.5, 0.6) is 11.5 Å². The molecular weight excluding hydrogens is 356 g/mol. The standard InChI is InChI=1S/C17H14N4O6/c1-25-12-7-4-8-13(26-2)14(12)15(22)18-17-20-19-16(27-17)10-5-3-6-11(9-10)21(23)24/h3-9H,1-2H3,(H,18,20,22). The highest BCUT2D eigenvalue weighted by atomic mass is 16.6. The summed E-state index contributed by atoms with van der Waals surface area (Å²) < 4.78 is 15.8. The molecule has 2 aromatic carbocycles. The van der Waals surface area contributed by atoms with E-state index in [0.717, 1.165) is 0 Å². The van der Waals surface area contributed by atoms with Crippen LogP contribution in [0, 0.1) is 10.1 Å². The number of benzene rings is 2. The summed E-state index contributed by atoms with van der Waals surface area (Å²) in [5, 5.41) is 20.9. The van der Waals surface area contributed by atoms with Crippen molar-refractivity contribution in [2.45, 2.75) is 0 Å². The number of ether oxygens (including phenoxy) is 2. The van der Waals surface area contributed by atoms with Gasteiger partial charge >= 0.3 is 6.01 Å². The first-order chi connectivity index (χ1) is 13.0. The molecule has 0 atom stereocenters. The van der Waals surface area contributed by atoms with E-state index in [9.17, 15) is 14.9 Å². The predicted octanol–water partition coefficient (Wildman–Crippen LogP) is 2.91. The van der Waals surface area contributed by atoms with Crippen LogP contribution in [-0.2, 0) is 0 Å². The number of non-ortho nitro benzene ring substituents is 1. The smallest absolute Gasteiger partial charge is 0.322 e. The van der Waals surface area contributed by atoms with E-state index < -0.39 is 10.8 Å². The summed E-state index contributed by atoms with van der Waals surface area (Å²) in [6, 6.07) is 10.4. The normalized spacial score (nSPS) is 10.3. The molecule has 3 aromatic rings. The van der Waals surface area contributed by atoms with Crippen molar-refractivity contribution in [2.24, 2.45) is 0 Å². The van der Waals surface area contributed by atoms with Gasteiger partial charge in [0.15, 0.2) is 0 Å². The molecular formula is C17H14N4O6. The zero-order chi connectivity index (χ0) is 19.4. The Balaban J connectivity index is 1.86. The second-order valence-electron chi connectivity index (χ2n) is 5.21. The third-order valence-corrected chi connectivity index (χ3v) is 3.60. The van der Waals surface area contributed by atoms with Crippen LogP contribution in [0.2, 0.25) is 0 Å². The first kappa shape index (κ1) is 17.9. The number of methoxy groups -OCH3 is 2. The van der Waals surface area contributed by atoms with Crippen molar-refractivity contribution in [3.8, 4) is 23.0 Å². The minimum absolute atomic E-state index is 0.0287. The van der Waals surface area contributed by atoms with Gasteiger partial charge in [-0.15, -0.1) is 5.10 Å². The third-order valence-electron chi connectivity index (χ3n) is 3.60. The average Bonchev–Trinajstić information content (AvgIpc) is 3.15. The molecule has 0 aliphatic heterocycles. The van der Waals surface area contributed by atoms with Gasteiger partial charge in [-0.1, -0.05) is 17.2 Å². The number of hydrogen-bond acceptors (Lipinski definition) is 8. The van der Waals surface area contributed by atoms with Gasteiger partial charge in [0.05, 0.1) is 19.1 Å². The van der Waals surface area contributed by atoms with E-state index >= 15 is 0 Å². The van der Waals surface area contributed by atoms with E-state index in [1.54, 1.807) is 24.3 Å². The van der Waals surface area contributed by atoms with Crippen LogP contribution in [-0.4, -0.2) is 35.2 Å². The summed E-state index contributed by atoms with van der Waals surface area (Å²) in [5.41, 5.74) is 0.403. The van der Waals surface area contributed by atoms with Crippen molar-refractivity contribution in [3.05, 3.63) is 58.1 Å². The Hall–Kier alpha value is -3.95. The molecule has 10 nitrogen and oxygen atoms in total. The Bertz CT molecular complexity index is 978. The molecule has 0 radical (unpaired) electrons. The Morgan fingerprint density at radius 2 is 1.78 bits per heavy atom. The number of amides is 1. The van der Waals surface area contributed by atoms with Gasteiger partial charge in [0.1, 0.15) is 17.1 Å². The molecule has 0 spiro atoms. The zero-order valence-electron chi connectivity index (χ0n) is 14.3. The fraction of sp³-hybridized carbons (Fsp3) is 0.118. The molecule has 10 heteroatoms. The number of nitrogens with zero attached hydrogens (tertiary/aromatic N) is 3. The van der Waals surface area contributed by atoms with Crippen molar-refractivity contribution in [2.75, 3.05) is 19.5 Å². The molecule has 3 rings (SSSR count). The zero-order valence-corrected chi connectivity index (χ0v) is 14.3. The van der Waals surface area contributed by atoms with Crippen LogP contribution in [0.15, 0.2) is 46.9 Å². The lowest BCUT2D eigenvalue weighted by atomic mass is 10.1. The van der Waals surface area contributed by atoms with E-state index in [2.05, 4.69) is 15.5 Å². The summed E-state index contributed by atoms with van der Waals surface area (Å²) in [7, 11) is 2.86. The van der Waals surface area contributed by atoms with Crippen molar-refractivity contribution in [1.82, 2.24) is 10.2 Å². The summed E-state index contributed by atoms with van der Waals surface area (Å²) in [4.78, 5) is 22.9. The summed E-state index contributed by atoms with van der Waals surface area (Å²) in [5.74, 6) is 0.0788. The summed E-state index contributed by atoms with van der Waals surface area (Å²) in [6.45, 7) is 0. The first-order valence-corrected chi connectivity index (χ1v) is 7.64. The molecule has 0 fully saturated rings. The van der Waals surface area contributed by atoms with Crippen LogP contribution >= 0.6 is 0 Å². The topological polar surface area (TPSA) is 130 Å². The van der Waals surface area contributed by atoms with E-state index in [0.29, 0.717) is 17.1 Å². The lowest BCUT2D eigenvalue weighted by Gasteiger charge is -2.11. The lowest BCUT2D eigenvalue weighted by Crippen LogP contribution is -2.14. The maximum absolute atomic E-state index is 12.6. The molecule has 1 aromatic heterocycles. The molecule has 27 heavy (non-hydrogen) atoms. The van der Waals surface area contributed by atoms with Gasteiger partial charge in [0, 0.05) is 17.7 Å². The van der Waals surface area contributed by atoms with Crippen LogP contribution < -0.4 is 14.8 Å². The average molecular weight is 370 g/mol. The number of nitro benzene ring substituents is 1. The highest BCUT2D eigenvalue weighted by molar-refractivity contribution is 6.07. The minimum Gasteiger partial charge on any atom is -0.496 e. The highest BCUT2D eigenvalue weighted by Gasteiger charge is 2.21. The van der Waals surface area contributed by atoms with Crippen LogP contribution in [0.1, 0.15) is 10.4 Å². The molecule has 0 unspecified atom stereocenters.